The maximum atomic E-state index is 13.4. The first-order chi connectivity index (χ1) is 20.3. The number of rotatable bonds is 4. The molecule has 0 atom stereocenters. The molecule has 0 unspecified atom stereocenters. The molecule has 0 aliphatic rings. The van der Waals surface area contributed by atoms with Gasteiger partial charge < -0.3 is 5.73 Å². The van der Waals surface area contributed by atoms with Gasteiger partial charge in [-0.25, -0.2) is 28.7 Å². The highest BCUT2D eigenvalue weighted by molar-refractivity contribution is 6.28. The fourth-order valence-electron chi connectivity index (χ4n) is 4.28. The second-order valence-corrected chi connectivity index (χ2v) is 9.58. The number of pyridine rings is 2. The highest BCUT2D eigenvalue weighted by atomic mass is 35.5. The molecule has 0 radical (unpaired) electrons. The van der Waals surface area contributed by atoms with Crippen LogP contribution in [0.25, 0.3) is 45.0 Å². The van der Waals surface area contributed by atoms with Gasteiger partial charge in [0, 0.05) is 47.0 Å². The Bertz CT molecular complexity index is 1740. The van der Waals surface area contributed by atoms with Crippen molar-refractivity contribution in [2.75, 3.05) is 5.73 Å². The first kappa shape index (κ1) is 30.8. The van der Waals surface area contributed by atoms with E-state index in [0.29, 0.717) is 22.5 Å². The summed E-state index contributed by atoms with van der Waals surface area (Å²) < 4.78 is 26.9. The van der Waals surface area contributed by atoms with Crippen LogP contribution in [0.1, 0.15) is 18.6 Å². The molecule has 10 heteroatoms. The summed E-state index contributed by atoms with van der Waals surface area (Å²) in [6, 6.07) is 20.8. The average Bonchev–Trinajstić information content (AvgIpc) is 3.00. The Kier molecular flexibility index (Phi) is 9.80. The maximum Gasteiger partial charge on any atom is 0.222 e. The standard InChI is InChI=1S/C16H11ClFN3.C16H13FN4.CH4/c1-10-9-11(4-5-13(10)18)15-12(3-2-7-19-15)14-6-8-20-16(17)21-14;1-10-9-11(4-5-13(10)17)15-12(3-2-7-19-15)14-6-8-20-16(18)21-14;/h2-9H,1H3;2-9H,1H3,(H2,18,20,21);1H4. The molecule has 43 heavy (non-hydrogen) atoms. The van der Waals surface area contributed by atoms with E-state index >= 15 is 0 Å². The van der Waals surface area contributed by atoms with Crippen molar-refractivity contribution in [1.82, 2.24) is 29.9 Å². The first-order valence-corrected chi connectivity index (χ1v) is 13.2. The number of hydrogen-bond donors (Lipinski definition) is 1. The van der Waals surface area contributed by atoms with E-state index in [1.165, 1.54) is 12.1 Å². The van der Waals surface area contributed by atoms with Crippen LogP contribution in [0, 0.1) is 25.5 Å². The van der Waals surface area contributed by atoms with Gasteiger partial charge in [-0.2, -0.15) is 0 Å². The zero-order valence-electron chi connectivity index (χ0n) is 22.6. The zero-order valence-corrected chi connectivity index (χ0v) is 23.4. The number of halogens is 3. The molecule has 0 amide bonds. The fraction of sp³-hybridized carbons (Fsp3) is 0.0909. The van der Waals surface area contributed by atoms with Crippen molar-refractivity contribution in [1.29, 1.82) is 0 Å². The molecule has 4 aromatic heterocycles. The normalized spacial score (nSPS) is 10.3. The lowest BCUT2D eigenvalue weighted by atomic mass is 10.0. The number of nitrogen functional groups attached to an aromatic ring is 1. The average molecular weight is 596 g/mol. The first-order valence-electron chi connectivity index (χ1n) is 12.8. The van der Waals surface area contributed by atoms with Gasteiger partial charge in [0.2, 0.25) is 11.2 Å². The zero-order chi connectivity index (χ0) is 29.6. The Balaban J connectivity index is 0.000000192. The highest BCUT2D eigenvalue weighted by Crippen LogP contribution is 2.31. The van der Waals surface area contributed by atoms with Crippen LogP contribution < -0.4 is 5.73 Å². The molecule has 2 N–H and O–H groups in total. The van der Waals surface area contributed by atoms with Gasteiger partial charge >= 0.3 is 0 Å². The van der Waals surface area contributed by atoms with Gasteiger partial charge in [-0.05, 0) is 109 Å². The number of aromatic nitrogens is 6. The molecule has 0 saturated heterocycles. The SMILES string of the molecule is C.Cc1cc(-c2ncccc2-c2ccnc(Cl)n2)ccc1F.Cc1cc(-c2ncccc2-c2ccnc(N)n2)ccc1F. The number of anilines is 1. The van der Waals surface area contributed by atoms with E-state index in [2.05, 4.69) is 29.9 Å². The Morgan fingerprint density at radius 2 is 1.09 bits per heavy atom. The molecule has 0 spiro atoms. The van der Waals surface area contributed by atoms with Crippen molar-refractivity contribution in [2.24, 2.45) is 0 Å². The summed E-state index contributed by atoms with van der Waals surface area (Å²) in [5.74, 6) is -0.263. The van der Waals surface area contributed by atoms with E-state index in [1.54, 1.807) is 75.0 Å². The fourth-order valence-corrected chi connectivity index (χ4v) is 4.42. The molecule has 0 fully saturated rings. The van der Waals surface area contributed by atoms with Crippen LogP contribution in [0.15, 0.2) is 97.6 Å². The number of nitrogens with zero attached hydrogens (tertiary/aromatic N) is 6. The van der Waals surface area contributed by atoms with Crippen LogP contribution in [0.2, 0.25) is 5.28 Å². The van der Waals surface area contributed by atoms with Crippen LogP contribution in [-0.4, -0.2) is 29.9 Å². The van der Waals surface area contributed by atoms with E-state index in [1.807, 2.05) is 24.3 Å². The summed E-state index contributed by atoms with van der Waals surface area (Å²) >= 11 is 5.85. The van der Waals surface area contributed by atoms with Crippen LogP contribution in [0.3, 0.4) is 0 Å². The molecule has 0 aliphatic carbocycles. The second-order valence-electron chi connectivity index (χ2n) is 9.24. The molecule has 0 bridgehead atoms. The molecule has 7 nitrogen and oxygen atoms in total. The highest BCUT2D eigenvalue weighted by Gasteiger charge is 2.13. The van der Waals surface area contributed by atoms with Crippen molar-refractivity contribution < 1.29 is 8.78 Å². The molecule has 6 rings (SSSR count). The lowest BCUT2D eigenvalue weighted by Crippen LogP contribution is -1.97. The lowest BCUT2D eigenvalue weighted by molar-refractivity contribution is 0.618. The van der Waals surface area contributed by atoms with Gasteiger partial charge in [0.1, 0.15) is 11.6 Å². The third kappa shape index (κ3) is 7.20. The van der Waals surface area contributed by atoms with Crippen LogP contribution in [0.4, 0.5) is 14.7 Å². The smallest absolute Gasteiger partial charge is 0.222 e. The topological polar surface area (TPSA) is 103 Å². The van der Waals surface area contributed by atoms with Gasteiger partial charge in [0.05, 0.1) is 22.8 Å². The minimum atomic E-state index is -0.235. The molecule has 0 saturated carbocycles. The summed E-state index contributed by atoms with van der Waals surface area (Å²) in [6.07, 6.45) is 6.59. The largest absolute Gasteiger partial charge is 0.368 e. The summed E-state index contributed by atoms with van der Waals surface area (Å²) in [4.78, 5) is 25.0. The molecular weight excluding hydrogens is 568 g/mol. The van der Waals surface area contributed by atoms with Crippen LogP contribution in [0.5, 0.6) is 0 Å². The van der Waals surface area contributed by atoms with Crippen molar-refractivity contribution in [3.63, 3.8) is 0 Å². The minimum Gasteiger partial charge on any atom is -0.368 e. The maximum absolute atomic E-state index is 13.4. The van der Waals surface area contributed by atoms with E-state index in [4.69, 9.17) is 17.3 Å². The molecule has 0 aliphatic heterocycles. The van der Waals surface area contributed by atoms with Gasteiger partial charge in [-0.3, -0.25) is 9.97 Å². The van der Waals surface area contributed by atoms with Crippen molar-refractivity contribution in [3.05, 3.63) is 126 Å². The van der Waals surface area contributed by atoms with Gasteiger partial charge in [-0.1, -0.05) is 7.43 Å². The predicted molar refractivity (Wildman–Crippen MR) is 167 cm³/mol. The molecular formula is C33H28ClF2N7. The third-order valence-corrected chi connectivity index (χ3v) is 6.51. The Labute approximate surface area is 253 Å². The van der Waals surface area contributed by atoms with Crippen LogP contribution >= 0.6 is 11.6 Å². The Morgan fingerprint density at radius 1 is 0.605 bits per heavy atom. The van der Waals surface area contributed by atoms with Crippen molar-refractivity contribution in [3.8, 4) is 45.0 Å². The van der Waals surface area contributed by atoms with Gasteiger partial charge in [0.15, 0.2) is 0 Å². The summed E-state index contributed by atoms with van der Waals surface area (Å²) in [5.41, 5.74) is 12.9. The summed E-state index contributed by atoms with van der Waals surface area (Å²) in [6.45, 7) is 3.45. The Hall–Kier alpha value is -5.15. The number of nitrogens with two attached hydrogens (primary N) is 1. The van der Waals surface area contributed by atoms with E-state index in [9.17, 15) is 8.78 Å². The summed E-state index contributed by atoms with van der Waals surface area (Å²) in [5, 5.41) is 0.178. The van der Waals surface area contributed by atoms with Gasteiger partial charge in [-0.15, -0.1) is 0 Å². The number of aryl methyl sites for hydroxylation is 2. The Morgan fingerprint density at radius 3 is 1.56 bits per heavy atom. The third-order valence-electron chi connectivity index (χ3n) is 6.33. The summed E-state index contributed by atoms with van der Waals surface area (Å²) in [7, 11) is 0. The number of benzene rings is 2. The number of hydrogen-bond acceptors (Lipinski definition) is 7. The van der Waals surface area contributed by atoms with E-state index in [-0.39, 0.29) is 30.3 Å². The van der Waals surface area contributed by atoms with Crippen LogP contribution in [-0.2, 0) is 0 Å². The molecule has 4 heterocycles. The lowest BCUT2D eigenvalue weighted by Gasteiger charge is -2.09. The molecule has 216 valence electrons. The van der Waals surface area contributed by atoms with Crippen molar-refractivity contribution in [2.45, 2.75) is 21.3 Å². The predicted octanol–water partition coefficient (Wildman–Crippen LogP) is 8.18. The molecule has 6 aromatic rings. The second kappa shape index (κ2) is 13.7. The monoisotopic (exact) mass is 595 g/mol. The quantitative estimate of drug-likeness (QED) is 0.205. The molecule has 2 aromatic carbocycles. The van der Waals surface area contributed by atoms with Gasteiger partial charge in [0.25, 0.3) is 0 Å². The van der Waals surface area contributed by atoms with Crippen molar-refractivity contribution >= 4 is 17.5 Å². The van der Waals surface area contributed by atoms with E-state index < -0.39 is 0 Å². The minimum absolute atomic E-state index is 0. The van der Waals surface area contributed by atoms with E-state index in [0.717, 1.165) is 33.6 Å².